The molecule has 0 saturated carbocycles. The zero-order valence-corrected chi connectivity index (χ0v) is 11.6. The lowest BCUT2D eigenvalue weighted by molar-refractivity contribution is 0.187. The Morgan fingerprint density at radius 3 is 2.95 bits per heavy atom. The Hall–Kier alpha value is -1.91. The number of hydrogen-bond acceptors (Lipinski definition) is 5. The van der Waals surface area contributed by atoms with Gasteiger partial charge in [-0.2, -0.15) is 5.26 Å². The number of methoxy groups -OCH3 is 1. The summed E-state index contributed by atoms with van der Waals surface area (Å²) in [5, 5.41) is 18.9. The molecule has 0 amide bonds. The van der Waals surface area contributed by atoms with Gasteiger partial charge in [-0.15, -0.1) is 0 Å². The van der Waals surface area contributed by atoms with E-state index in [4.69, 9.17) is 10.00 Å². The van der Waals surface area contributed by atoms with Crippen molar-refractivity contribution in [1.82, 2.24) is 9.55 Å². The molecule has 19 heavy (non-hydrogen) atoms. The summed E-state index contributed by atoms with van der Waals surface area (Å²) in [6, 6.07) is 5.03. The fourth-order valence-corrected chi connectivity index (χ4v) is 2.10. The predicted molar refractivity (Wildman–Crippen MR) is 72.0 cm³/mol. The summed E-state index contributed by atoms with van der Waals surface area (Å²) >= 11 is 3.19. The summed E-state index contributed by atoms with van der Waals surface area (Å²) in [6.07, 6.45) is 0. The van der Waals surface area contributed by atoms with Crippen molar-refractivity contribution in [2.24, 2.45) is 0 Å². The number of hydrogen-bond donors (Lipinski definition) is 1. The van der Waals surface area contributed by atoms with Crippen LogP contribution in [-0.2, 0) is 11.3 Å². The first-order valence-electron chi connectivity index (χ1n) is 5.41. The summed E-state index contributed by atoms with van der Waals surface area (Å²) in [7, 11) is 1.52. The molecule has 6 nitrogen and oxygen atoms in total. The van der Waals surface area contributed by atoms with E-state index < -0.39 is 11.3 Å². The Kier molecular flexibility index (Phi) is 3.83. The Bertz CT molecular complexity index is 734. The molecule has 1 N–H and O–H groups in total. The molecule has 0 bridgehead atoms. The standard InChI is InChI=1S/C12H10BrN3O3/c1-19-5-4-16-8-2-3-9(13)15-10(8)11(17)7(6-14)12(16)18/h2-3,17H,4-5H2,1H3. The number of rotatable bonds is 3. The van der Waals surface area contributed by atoms with Crippen LogP contribution >= 0.6 is 15.9 Å². The minimum absolute atomic E-state index is 0.210. The topological polar surface area (TPSA) is 88.1 Å². The molecule has 0 spiro atoms. The van der Waals surface area contributed by atoms with E-state index in [0.717, 1.165) is 0 Å². The zero-order chi connectivity index (χ0) is 14.0. The maximum atomic E-state index is 12.1. The smallest absolute Gasteiger partial charge is 0.272 e. The normalized spacial score (nSPS) is 10.6. The van der Waals surface area contributed by atoms with Crippen LogP contribution in [0.5, 0.6) is 5.75 Å². The van der Waals surface area contributed by atoms with Crippen molar-refractivity contribution >= 4 is 27.0 Å². The van der Waals surface area contributed by atoms with Crippen LogP contribution in [0.2, 0.25) is 0 Å². The lowest BCUT2D eigenvalue weighted by atomic mass is 10.2. The molecule has 0 fully saturated rings. The van der Waals surface area contributed by atoms with Crippen molar-refractivity contribution in [3.63, 3.8) is 0 Å². The molecule has 2 rings (SSSR count). The lowest BCUT2D eigenvalue weighted by Gasteiger charge is -2.11. The van der Waals surface area contributed by atoms with Crippen LogP contribution in [0, 0.1) is 11.3 Å². The van der Waals surface area contributed by atoms with Gasteiger partial charge in [0.25, 0.3) is 5.56 Å². The summed E-state index contributed by atoms with van der Waals surface area (Å²) in [5.74, 6) is -0.391. The SMILES string of the molecule is COCCn1c(=O)c(C#N)c(O)c2nc(Br)ccc21. The third-order valence-corrected chi connectivity index (χ3v) is 3.12. The minimum Gasteiger partial charge on any atom is -0.504 e. The minimum atomic E-state index is -0.548. The van der Waals surface area contributed by atoms with E-state index in [9.17, 15) is 9.90 Å². The van der Waals surface area contributed by atoms with E-state index in [2.05, 4.69) is 20.9 Å². The van der Waals surface area contributed by atoms with Gasteiger partial charge < -0.3 is 14.4 Å². The van der Waals surface area contributed by atoms with Gasteiger partial charge >= 0.3 is 0 Å². The van der Waals surface area contributed by atoms with Gasteiger partial charge in [-0.05, 0) is 28.1 Å². The van der Waals surface area contributed by atoms with Gasteiger partial charge in [0.2, 0.25) is 0 Å². The molecular formula is C12H10BrN3O3. The fourth-order valence-electron chi connectivity index (χ4n) is 1.79. The zero-order valence-electron chi connectivity index (χ0n) is 10.1. The number of fused-ring (bicyclic) bond motifs is 1. The number of aromatic hydroxyl groups is 1. The van der Waals surface area contributed by atoms with Gasteiger partial charge in [0.05, 0.1) is 12.1 Å². The third kappa shape index (κ3) is 2.32. The highest BCUT2D eigenvalue weighted by Crippen LogP contribution is 2.25. The molecule has 7 heteroatoms. The van der Waals surface area contributed by atoms with Crippen LogP contribution in [0.3, 0.4) is 0 Å². The molecule has 0 atom stereocenters. The van der Waals surface area contributed by atoms with Crippen molar-refractivity contribution in [2.45, 2.75) is 6.54 Å². The summed E-state index contributed by atoms with van der Waals surface area (Å²) < 4.78 is 6.82. The fraction of sp³-hybridized carbons (Fsp3) is 0.250. The number of pyridine rings is 2. The molecule has 0 aliphatic rings. The van der Waals surface area contributed by atoms with Crippen LogP contribution in [0.15, 0.2) is 21.5 Å². The Balaban J connectivity index is 2.86. The highest BCUT2D eigenvalue weighted by atomic mass is 79.9. The maximum absolute atomic E-state index is 12.1. The van der Waals surface area contributed by atoms with Crippen LogP contribution in [0.1, 0.15) is 5.56 Å². The predicted octanol–water partition coefficient (Wildman–Crippen LogP) is 1.38. The monoisotopic (exact) mass is 323 g/mol. The van der Waals surface area contributed by atoms with E-state index in [1.54, 1.807) is 18.2 Å². The first-order valence-corrected chi connectivity index (χ1v) is 6.20. The van der Waals surface area contributed by atoms with Crippen molar-refractivity contribution in [3.8, 4) is 11.8 Å². The molecule has 0 aliphatic carbocycles. The molecule has 2 heterocycles. The van der Waals surface area contributed by atoms with Gasteiger partial charge in [-0.3, -0.25) is 4.79 Å². The number of halogens is 1. The van der Waals surface area contributed by atoms with Crippen LogP contribution in [-0.4, -0.2) is 28.4 Å². The van der Waals surface area contributed by atoms with Gasteiger partial charge in [-0.25, -0.2) is 4.98 Å². The molecule has 2 aromatic rings. The van der Waals surface area contributed by atoms with Gasteiger partial charge in [0.1, 0.15) is 16.2 Å². The van der Waals surface area contributed by atoms with Crippen LogP contribution in [0.4, 0.5) is 0 Å². The highest BCUT2D eigenvalue weighted by molar-refractivity contribution is 9.10. The van der Waals surface area contributed by atoms with Gasteiger partial charge in [-0.1, -0.05) is 0 Å². The summed E-state index contributed by atoms with van der Waals surface area (Å²) in [4.78, 5) is 16.2. The lowest BCUT2D eigenvalue weighted by Crippen LogP contribution is -2.25. The van der Waals surface area contributed by atoms with Crippen molar-refractivity contribution in [1.29, 1.82) is 5.26 Å². The van der Waals surface area contributed by atoms with Crippen LogP contribution in [0.25, 0.3) is 11.0 Å². The van der Waals surface area contributed by atoms with Crippen LogP contribution < -0.4 is 5.56 Å². The second-order valence-electron chi connectivity index (χ2n) is 3.79. The van der Waals surface area contributed by atoms with E-state index in [1.807, 2.05) is 0 Å². The number of aromatic nitrogens is 2. The molecule has 0 aliphatic heterocycles. The Morgan fingerprint density at radius 1 is 1.58 bits per heavy atom. The molecule has 0 unspecified atom stereocenters. The number of nitriles is 1. The second kappa shape index (κ2) is 5.38. The van der Waals surface area contributed by atoms with Crippen molar-refractivity contribution in [3.05, 3.63) is 32.7 Å². The molecule has 2 aromatic heterocycles. The highest BCUT2D eigenvalue weighted by Gasteiger charge is 2.17. The van der Waals surface area contributed by atoms with E-state index in [0.29, 0.717) is 16.7 Å². The average molecular weight is 324 g/mol. The Labute approximate surface area is 117 Å². The van der Waals surface area contributed by atoms with E-state index in [1.165, 1.54) is 11.7 Å². The van der Waals surface area contributed by atoms with E-state index >= 15 is 0 Å². The maximum Gasteiger partial charge on any atom is 0.272 e. The summed E-state index contributed by atoms with van der Waals surface area (Å²) in [6.45, 7) is 0.602. The van der Waals surface area contributed by atoms with E-state index in [-0.39, 0.29) is 17.6 Å². The third-order valence-electron chi connectivity index (χ3n) is 2.68. The molecule has 0 aromatic carbocycles. The average Bonchev–Trinajstić information content (AvgIpc) is 2.40. The first-order chi connectivity index (χ1) is 9.10. The number of ether oxygens (including phenoxy) is 1. The van der Waals surface area contributed by atoms with Crippen molar-refractivity contribution in [2.75, 3.05) is 13.7 Å². The number of nitrogens with zero attached hydrogens (tertiary/aromatic N) is 3. The molecule has 98 valence electrons. The summed E-state index contributed by atoms with van der Waals surface area (Å²) in [5.41, 5.74) is -0.189. The molecule has 0 saturated heterocycles. The second-order valence-corrected chi connectivity index (χ2v) is 4.60. The van der Waals surface area contributed by atoms with Gasteiger partial charge in [0, 0.05) is 13.7 Å². The first kappa shape index (κ1) is 13.5. The molecule has 0 radical (unpaired) electrons. The van der Waals surface area contributed by atoms with Gasteiger partial charge in [0.15, 0.2) is 11.3 Å². The Morgan fingerprint density at radius 2 is 2.32 bits per heavy atom. The largest absolute Gasteiger partial charge is 0.504 e. The van der Waals surface area contributed by atoms with Crippen molar-refractivity contribution < 1.29 is 9.84 Å². The quantitative estimate of drug-likeness (QED) is 0.862. The molecular weight excluding hydrogens is 314 g/mol.